The van der Waals surface area contributed by atoms with Crippen LogP contribution >= 0.6 is 0 Å². The Morgan fingerprint density at radius 2 is 1.77 bits per heavy atom. The van der Waals surface area contributed by atoms with Gasteiger partial charge >= 0.3 is 0 Å². The van der Waals surface area contributed by atoms with Crippen LogP contribution in [0.3, 0.4) is 0 Å². The summed E-state index contributed by atoms with van der Waals surface area (Å²) in [6.45, 7) is 4.81. The number of aromatic nitrogens is 1. The van der Waals surface area contributed by atoms with E-state index >= 15 is 0 Å². The van der Waals surface area contributed by atoms with Gasteiger partial charge in [-0.15, -0.1) is 0 Å². The smallest absolute Gasteiger partial charge is 0.227 e. The van der Waals surface area contributed by atoms with E-state index in [2.05, 4.69) is 54.1 Å². The van der Waals surface area contributed by atoms with Gasteiger partial charge < -0.3 is 18.9 Å². The van der Waals surface area contributed by atoms with Crippen LogP contribution in [0.25, 0.3) is 0 Å². The van der Waals surface area contributed by atoms with Gasteiger partial charge in [-0.3, -0.25) is 4.79 Å². The first kappa shape index (κ1) is 22.6. The standard InChI is InChI=1S/C26H32N2O3/c1-21-8-4-5-9-23(21)19-27-15-6-10-24(27)20-28(16-7-17-30-2)26(29)18-22-11-13-25(31-3)14-12-22/h4-6,8-15H,7,16-20H2,1-3H3. The predicted molar refractivity (Wildman–Crippen MR) is 123 cm³/mol. The molecule has 0 unspecified atom stereocenters. The minimum atomic E-state index is 0.116. The minimum absolute atomic E-state index is 0.116. The van der Waals surface area contributed by atoms with Crippen LogP contribution in [0, 0.1) is 6.92 Å². The first-order valence-corrected chi connectivity index (χ1v) is 10.7. The maximum Gasteiger partial charge on any atom is 0.227 e. The number of aryl methyl sites for hydroxylation is 1. The second-order valence-electron chi connectivity index (χ2n) is 7.74. The van der Waals surface area contributed by atoms with E-state index in [0.717, 1.165) is 30.0 Å². The van der Waals surface area contributed by atoms with E-state index in [1.54, 1.807) is 14.2 Å². The van der Waals surface area contributed by atoms with Crippen molar-refractivity contribution in [1.82, 2.24) is 9.47 Å². The molecule has 164 valence electrons. The Morgan fingerprint density at radius 1 is 1.00 bits per heavy atom. The van der Waals surface area contributed by atoms with Crippen LogP contribution in [0.4, 0.5) is 0 Å². The lowest BCUT2D eigenvalue weighted by molar-refractivity contribution is -0.131. The van der Waals surface area contributed by atoms with Crippen molar-refractivity contribution >= 4 is 5.91 Å². The molecule has 0 saturated heterocycles. The number of ether oxygens (including phenoxy) is 2. The molecule has 0 saturated carbocycles. The summed E-state index contributed by atoms with van der Waals surface area (Å²) in [4.78, 5) is 15.1. The molecule has 1 heterocycles. The summed E-state index contributed by atoms with van der Waals surface area (Å²) in [6.07, 6.45) is 3.27. The van der Waals surface area contributed by atoms with Gasteiger partial charge in [0.25, 0.3) is 0 Å². The van der Waals surface area contributed by atoms with Crippen LogP contribution in [-0.4, -0.2) is 42.7 Å². The molecule has 2 aromatic carbocycles. The number of carbonyl (C=O) groups excluding carboxylic acids is 1. The Labute approximate surface area is 185 Å². The second kappa shape index (κ2) is 11.4. The highest BCUT2D eigenvalue weighted by molar-refractivity contribution is 5.78. The highest BCUT2D eigenvalue weighted by atomic mass is 16.5. The fourth-order valence-electron chi connectivity index (χ4n) is 3.64. The van der Waals surface area contributed by atoms with Gasteiger partial charge in [-0.2, -0.15) is 0 Å². The molecule has 0 fully saturated rings. The zero-order chi connectivity index (χ0) is 22.1. The molecule has 0 aliphatic rings. The van der Waals surface area contributed by atoms with Crippen molar-refractivity contribution in [3.8, 4) is 5.75 Å². The molecule has 0 radical (unpaired) electrons. The van der Waals surface area contributed by atoms with Crippen LogP contribution in [0.15, 0.2) is 66.9 Å². The molecule has 0 atom stereocenters. The van der Waals surface area contributed by atoms with Gasteiger partial charge in [-0.05, 0) is 54.3 Å². The van der Waals surface area contributed by atoms with Crippen LogP contribution in [-0.2, 0) is 29.0 Å². The normalized spacial score (nSPS) is 10.8. The summed E-state index contributed by atoms with van der Waals surface area (Å²) in [5, 5.41) is 0. The number of rotatable bonds is 11. The van der Waals surface area contributed by atoms with Crippen molar-refractivity contribution in [3.63, 3.8) is 0 Å². The first-order chi connectivity index (χ1) is 15.1. The van der Waals surface area contributed by atoms with Crippen molar-refractivity contribution in [3.05, 3.63) is 89.2 Å². The Hall–Kier alpha value is -3.05. The molecular formula is C26H32N2O3. The average molecular weight is 421 g/mol. The van der Waals surface area contributed by atoms with E-state index in [-0.39, 0.29) is 5.91 Å². The molecule has 0 bridgehead atoms. The SMILES string of the molecule is COCCCN(Cc1cccn1Cc1ccccc1C)C(=O)Cc1ccc(OC)cc1. The first-order valence-electron chi connectivity index (χ1n) is 10.7. The second-order valence-corrected chi connectivity index (χ2v) is 7.74. The fourth-order valence-corrected chi connectivity index (χ4v) is 3.64. The summed E-state index contributed by atoms with van der Waals surface area (Å²) in [5.74, 6) is 0.909. The van der Waals surface area contributed by atoms with Crippen molar-refractivity contribution in [2.75, 3.05) is 27.4 Å². The Balaban J connectivity index is 1.72. The van der Waals surface area contributed by atoms with E-state index in [9.17, 15) is 4.79 Å². The summed E-state index contributed by atoms with van der Waals surface area (Å²) in [7, 11) is 3.33. The molecule has 5 nitrogen and oxygen atoms in total. The third-order valence-corrected chi connectivity index (χ3v) is 5.52. The summed E-state index contributed by atoms with van der Waals surface area (Å²) < 4.78 is 12.7. The van der Waals surface area contributed by atoms with Crippen molar-refractivity contribution in [2.45, 2.75) is 32.9 Å². The van der Waals surface area contributed by atoms with Crippen molar-refractivity contribution in [1.29, 1.82) is 0 Å². The van der Waals surface area contributed by atoms with Gasteiger partial charge in [-0.25, -0.2) is 0 Å². The lowest BCUT2D eigenvalue weighted by atomic mass is 10.1. The van der Waals surface area contributed by atoms with Gasteiger partial charge in [0.2, 0.25) is 5.91 Å². The fraction of sp³-hybridized carbons (Fsp3) is 0.346. The molecule has 0 aliphatic carbocycles. The van der Waals surface area contributed by atoms with E-state index in [1.165, 1.54) is 11.1 Å². The van der Waals surface area contributed by atoms with Gasteiger partial charge in [0.1, 0.15) is 5.75 Å². The summed E-state index contributed by atoms with van der Waals surface area (Å²) in [6, 6.07) is 20.3. The average Bonchev–Trinajstić information content (AvgIpc) is 3.22. The number of hydrogen-bond acceptors (Lipinski definition) is 3. The molecule has 1 amide bonds. The van der Waals surface area contributed by atoms with Crippen LogP contribution in [0.1, 0.15) is 28.8 Å². The van der Waals surface area contributed by atoms with Gasteiger partial charge in [0, 0.05) is 38.7 Å². The molecule has 1 aromatic heterocycles. The topological polar surface area (TPSA) is 43.7 Å². The molecule has 3 rings (SSSR count). The number of nitrogens with zero attached hydrogens (tertiary/aromatic N) is 2. The number of methoxy groups -OCH3 is 2. The zero-order valence-corrected chi connectivity index (χ0v) is 18.7. The summed E-state index contributed by atoms with van der Waals surface area (Å²) >= 11 is 0. The minimum Gasteiger partial charge on any atom is -0.497 e. The Kier molecular flexibility index (Phi) is 8.30. The molecule has 0 aliphatic heterocycles. The molecule has 31 heavy (non-hydrogen) atoms. The van der Waals surface area contributed by atoms with Gasteiger partial charge in [0.15, 0.2) is 0 Å². The van der Waals surface area contributed by atoms with Crippen LogP contribution in [0.5, 0.6) is 5.75 Å². The maximum atomic E-state index is 13.2. The molecule has 5 heteroatoms. The summed E-state index contributed by atoms with van der Waals surface area (Å²) in [5.41, 5.74) is 4.67. The number of amides is 1. The van der Waals surface area contributed by atoms with Crippen molar-refractivity contribution < 1.29 is 14.3 Å². The Morgan fingerprint density at radius 3 is 2.48 bits per heavy atom. The lowest BCUT2D eigenvalue weighted by Gasteiger charge is -2.24. The third-order valence-electron chi connectivity index (χ3n) is 5.52. The quantitative estimate of drug-likeness (QED) is 0.430. The maximum absolute atomic E-state index is 13.2. The van der Waals surface area contributed by atoms with Gasteiger partial charge in [-0.1, -0.05) is 36.4 Å². The van der Waals surface area contributed by atoms with E-state index < -0.39 is 0 Å². The highest BCUT2D eigenvalue weighted by Gasteiger charge is 2.16. The third kappa shape index (κ3) is 6.46. The number of benzene rings is 2. The van der Waals surface area contributed by atoms with Crippen LogP contribution < -0.4 is 4.74 Å². The van der Waals surface area contributed by atoms with Crippen LogP contribution in [0.2, 0.25) is 0 Å². The largest absolute Gasteiger partial charge is 0.497 e. The number of carbonyl (C=O) groups is 1. The monoisotopic (exact) mass is 420 g/mol. The van der Waals surface area contributed by atoms with Gasteiger partial charge in [0.05, 0.1) is 20.1 Å². The van der Waals surface area contributed by atoms with E-state index in [4.69, 9.17) is 9.47 Å². The molecular weight excluding hydrogens is 388 g/mol. The number of hydrogen-bond donors (Lipinski definition) is 0. The predicted octanol–water partition coefficient (Wildman–Crippen LogP) is 4.46. The van der Waals surface area contributed by atoms with E-state index in [1.807, 2.05) is 29.2 Å². The highest BCUT2D eigenvalue weighted by Crippen LogP contribution is 2.16. The Bertz CT molecular complexity index is 963. The van der Waals surface area contributed by atoms with Crippen molar-refractivity contribution in [2.24, 2.45) is 0 Å². The zero-order valence-electron chi connectivity index (χ0n) is 18.7. The molecule has 0 spiro atoms. The lowest BCUT2D eigenvalue weighted by Crippen LogP contribution is -2.34. The molecule has 0 N–H and O–H groups in total. The molecule has 3 aromatic rings. The van der Waals surface area contributed by atoms with E-state index in [0.29, 0.717) is 26.1 Å².